The van der Waals surface area contributed by atoms with Crippen LogP contribution in [0.1, 0.15) is 11.5 Å². The van der Waals surface area contributed by atoms with Crippen LogP contribution in [0, 0.1) is 6.92 Å². The first-order valence-electron chi connectivity index (χ1n) is 6.95. The third kappa shape index (κ3) is 4.17. The lowest BCUT2D eigenvalue weighted by Crippen LogP contribution is -1.96. The topological polar surface area (TPSA) is 76.7 Å². The van der Waals surface area contributed by atoms with Gasteiger partial charge in [-0.1, -0.05) is 64.2 Å². The van der Waals surface area contributed by atoms with Gasteiger partial charge < -0.3 is 9.84 Å². The van der Waals surface area contributed by atoms with E-state index in [-0.39, 0.29) is 0 Å². The lowest BCUT2D eigenvalue weighted by atomic mass is 10.1. The number of aryl methyl sites for hydroxylation is 1. The fourth-order valence-corrected chi connectivity index (χ4v) is 3.35. The minimum absolute atomic E-state index is 0.564. The van der Waals surface area contributed by atoms with Crippen LogP contribution in [0.25, 0.3) is 11.4 Å². The Bertz CT molecular complexity index is 781. The predicted molar refractivity (Wildman–Crippen MR) is 92.6 cm³/mol. The van der Waals surface area contributed by atoms with Gasteiger partial charge in [-0.3, -0.25) is 0 Å². The summed E-state index contributed by atoms with van der Waals surface area (Å²) >= 11 is 3.01. The molecule has 6 nitrogen and oxygen atoms in total. The standard InChI is InChI=1S/C15H15N5OS2/c1-3-8-16-14-18-19-15(23-14)22-9-12-17-13(20-21-12)11-6-4-10(2)5-7-11/h3-7H,1,8-9H2,2H3,(H,16,18). The second-order valence-corrected chi connectivity index (χ2v) is 6.91. The van der Waals surface area contributed by atoms with E-state index in [0.29, 0.717) is 24.0 Å². The predicted octanol–water partition coefficient (Wildman–Crippen LogP) is 3.79. The van der Waals surface area contributed by atoms with E-state index in [1.807, 2.05) is 31.2 Å². The molecule has 23 heavy (non-hydrogen) atoms. The van der Waals surface area contributed by atoms with Crippen molar-refractivity contribution in [2.45, 2.75) is 17.0 Å². The van der Waals surface area contributed by atoms with Crippen LogP contribution < -0.4 is 5.32 Å². The summed E-state index contributed by atoms with van der Waals surface area (Å²) in [6.07, 6.45) is 1.78. The zero-order chi connectivity index (χ0) is 16.1. The summed E-state index contributed by atoms with van der Waals surface area (Å²) in [5.41, 5.74) is 2.15. The summed E-state index contributed by atoms with van der Waals surface area (Å²) in [6.45, 7) is 6.37. The summed E-state index contributed by atoms with van der Waals surface area (Å²) in [5.74, 6) is 1.74. The van der Waals surface area contributed by atoms with Crippen LogP contribution in [0.15, 0.2) is 45.8 Å². The van der Waals surface area contributed by atoms with Crippen molar-refractivity contribution in [2.75, 3.05) is 11.9 Å². The molecule has 0 amide bonds. The number of nitrogens with zero attached hydrogens (tertiary/aromatic N) is 4. The summed E-state index contributed by atoms with van der Waals surface area (Å²) in [7, 11) is 0. The average molecular weight is 345 g/mol. The number of nitrogens with one attached hydrogen (secondary N) is 1. The van der Waals surface area contributed by atoms with Crippen LogP contribution >= 0.6 is 23.1 Å². The maximum atomic E-state index is 5.29. The fourth-order valence-electron chi connectivity index (χ4n) is 1.76. The largest absolute Gasteiger partial charge is 0.357 e. The number of rotatable bonds is 7. The molecule has 2 aromatic heterocycles. The molecule has 1 aromatic carbocycles. The van der Waals surface area contributed by atoms with Crippen molar-refractivity contribution >= 4 is 28.2 Å². The van der Waals surface area contributed by atoms with Crippen molar-refractivity contribution < 1.29 is 4.52 Å². The molecule has 3 aromatic rings. The van der Waals surface area contributed by atoms with E-state index in [1.54, 1.807) is 6.08 Å². The molecule has 0 fully saturated rings. The smallest absolute Gasteiger partial charge is 0.237 e. The Kier molecular flexibility index (Phi) is 5.04. The van der Waals surface area contributed by atoms with Crippen LogP contribution in [-0.2, 0) is 5.75 Å². The van der Waals surface area contributed by atoms with Gasteiger partial charge >= 0.3 is 0 Å². The van der Waals surface area contributed by atoms with Gasteiger partial charge in [0.1, 0.15) is 0 Å². The van der Waals surface area contributed by atoms with Crippen molar-refractivity contribution in [3.8, 4) is 11.4 Å². The lowest BCUT2D eigenvalue weighted by Gasteiger charge is -1.94. The highest BCUT2D eigenvalue weighted by Gasteiger charge is 2.11. The molecular formula is C15H15N5OS2. The molecule has 0 aliphatic carbocycles. The maximum Gasteiger partial charge on any atom is 0.237 e. The molecule has 0 spiro atoms. The number of thioether (sulfide) groups is 1. The van der Waals surface area contributed by atoms with Crippen molar-refractivity contribution in [3.05, 3.63) is 48.4 Å². The Morgan fingerprint density at radius 1 is 1.30 bits per heavy atom. The van der Waals surface area contributed by atoms with Gasteiger partial charge in [0.2, 0.25) is 16.8 Å². The Morgan fingerprint density at radius 2 is 2.13 bits per heavy atom. The van der Waals surface area contributed by atoms with E-state index < -0.39 is 0 Å². The number of aromatic nitrogens is 4. The number of benzene rings is 1. The molecule has 0 aliphatic rings. The molecule has 1 N–H and O–H groups in total. The molecule has 0 saturated heterocycles. The molecule has 0 radical (unpaired) electrons. The molecule has 0 saturated carbocycles. The first-order valence-corrected chi connectivity index (χ1v) is 8.75. The van der Waals surface area contributed by atoms with Gasteiger partial charge in [-0.15, -0.1) is 16.8 Å². The van der Waals surface area contributed by atoms with E-state index in [2.05, 4.69) is 32.2 Å². The van der Waals surface area contributed by atoms with E-state index in [0.717, 1.165) is 15.0 Å². The van der Waals surface area contributed by atoms with Gasteiger partial charge in [0, 0.05) is 12.1 Å². The Morgan fingerprint density at radius 3 is 2.91 bits per heavy atom. The van der Waals surface area contributed by atoms with Crippen molar-refractivity contribution in [2.24, 2.45) is 0 Å². The SMILES string of the molecule is C=CCNc1nnc(SCc2nc(-c3ccc(C)cc3)no2)s1. The summed E-state index contributed by atoms with van der Waals surface area (Å²) in [5, 5.41) is 16.1. The summed E-state index contributed by atoms with van der Waals surface area (Å²) in [6, 6.07) is 8.02. The summed E-state index contributed by atoms with van der Waals surface area (Å²) < 4.78 is 6.14. The monoisotopic (exact) mass is 345 g/mol. The van der Waals surface area contributed by atoms with E-state index in [4.69, 9.17) is 4.52 Å². The van der Waals surface area contributed by atoms with Gasteiger partial charge in [-0.2, -0.15) is 4.98 Å². The second-order valence-electron chi connectivity index (χ2n) is 4.71. The quantitative estimate of drug-likeness (QED) is 0.515. The Labute approximate surface area is 142 Å². The first-order chi connectivity index (χ1) is 11.2. The van der Waals surface area contributed by atoms with Crippen molar-refractivity contribution in [1.82, 2.24) is 20.3 Å². The van der Waals surface area contributed by atoms with Crippen molar-refractivity contribution in [1.29, 1.82) is 0 Å². The van der Waals surface area contributed by atoms with Gasteiger partial charge in [-0.25, -0.2) is 0 Å². The lowest BCUT2D eigenvalue weighted by molar-refractivity contribution is 0.391. The summed E-state index contributed by atoms with van der Waals surface area (Å²) in [4.78, 5) is 4.41. The molecule has 0 aliphatic heterocycles. The van der Waals surface area contributed by atoms with Gasteiger partial charge in [0.25, 0.3) is 0 Å². The fraction of sp³-hybridized carbons (Fsp3) is 0.200. The molecule has 0 unspecified atom stereocenters. The molecule has 0 bridgehead atoms. The molecule has 2 heterocycles. The van der Waals surface area contributed by atoms with Crippen LogP contribution in [0.2, 0.25) is 0 Å². The highest BCUT2D eigenvalue weighted by atomic mass is 32.2. The number of hydrogen-bond donors (Lipinski definition) is 1. The molecule has 0 atom stereocenters. The van der Waals surface area contributed by atoms with Crippen molar-refractivity contribution in [3.63, 3.8) is 0 Å². The maximum absolute atomic E-state index is 5.29. The minimum atomic E-state index is 0.564. The van der Waals surface area contributed by atoms with Gasteiger partial charge in [-0.05, 0) is 6.92 Å². The first kappa shape index (κ1) is 15.7. The van der Waals surface area contributed by atoms with Crippen LogP contribution in [-0.4, -0.2) is 26.9 Å². The normalized spacial score (nSPS) is 10.7. The Hall–Kier alpha value is -2.19. The third-order valence-electron chi connectivity index (χ3n) is 2.90. The Balaban J connectivity index is 1.59. The highest BCUT2D eigenvalue weighted by molar-refractivity contribution is 8.00. The zero-order valence-corrected chi connectivity index (χ0v) is 14.2. The third-order valence-corrected chi connectivity index (χ3v) is 4.90. The van der Waals surface area contributed by atoms with Crippen LogP contribution in [0.3, 0.4) is 0 Å². The highest BCUT2D eigenvalue weighted by Crippen LogP contribution is 2.28. The van der Waals surface area contributed by atoms with Crippen LogP contribution in [0.4, 0.5) is 5.13 Å². The molecular weight excluding hydrogens is 330 g/mol. The van der Waals surface area contributed by atoms with Gasteiger partial charge in [0.05, 0.1) is 5.75 Å². The van der Waals surface area contributed by atoms with Gasteiger partial charge in [0.15, 0.2) is 4.34 Å². The number of hydrogen-bond acceptors (Lipinski definition) is 8. The average Bonchev–Trinajstić information content (AvgIpc) is 3.21. The molecule has 3 rings (SSSR count). The zero-order valence-electron chi connectivity index (χ0n) is 12.5. The molecule has 8 heteroatoms. The van der Waals surface area contributed by atoms with E-state index >= 15 is 0 Å². The molecule has 118 valence electrons. The van der Waals surface area contributed by atoms with E-state index in [1.165, 1.54) is 28.7 Å². The number of anilines is 1. The second kappa shape index (κ2) is 7.38. The van der Waals surface area contributed by atoms with E-state index in [9.17, 15) is 0 Å². The minimum Gasteiger partial charge on any atom is -0.357 e. The van der Waals surface area contributed by atoms with Crippen LogP contribution in [0.5, 0.6) is 0 Å².